The van der Waals surface area contributed by atoms with E-state index in [-0.39, 0.29) is 0 Å². The van der Waals surface area contributed by atoms with Crippen molar-refractivity contribution < 1.29 is 0 Å². The molecular weight excluding hydrogens is 450 g/mol. The molecule has 0 aliphatic carbocycles. The second-order valence-electron chi connectivity index (χ2n) is 9.29. The maximum atomic E-state index is 3.49. The Kier molecular flexibility index (Phi) is 4.76. The molecule has 4 aliphatic rings. The zero-order chi connectivity index (χ0) is 23.9. The van der Waals surface area contributed by atoms with Gasteiger partial charge in [0.1, 0.15) is 0 Å². The summed E-state index contributed by atoms with van der Waals surface area (Å²) in [5.41, 5.74) is 0. The Bertz CT molecular complexity index is 1410. The molecule has 0 fully saturated rings. The van der Waals surface area contributed by atoms with Crippen LogP contribution in [0.4, 0.5) is 0 Å². The SMILES string of the molecule is C1=CN2/C=c3/cc/c([nH]3)=C\N3C=CN(/C=c4/cc/c([nH]4)=C/N4C=CN(/C=c5\cc/c([nH]5)=C/N1C2)C4)C3. The number of aromatic nitrogens is 3. The minimum Gasteiger partial charge on any atom is -0.353 e. The van der Waals surface area contributed by atoms with E-state index >= 15 is 0 Å². The van der Waals surface area contributed by atoms with E-state index in [0.717, 1.165) is 52.1 Å². The quantitative estimate of drug-likeness (QED) is 0.372. The van der Waals surface area contributed by atoms with Crippen LogP contribution >= 0.6 is 0 Å². The second-order valence-corrected chi connectivity index (χ2v) is 9.29. The first-order valence-electron chi connectivity index (χ1n) is 12.0. The van der Waals surface area contributed by atoms with Crippen LogP contribution in [0.3, 0.4) is 0 Å². The second kappa shape index (κ2) is 8.38. The van der Waals surface area contributed by atoms with Crippen LogP contribution in [0.1, 0.15) is 0 Å². The third-order valence-corrected chi connectivity index (χ3v) is 6.35. The number of hydrogen-bond acceptors (Lipinski definition) is 6. The van der Waals surface area contributed by atoms with Gasteiger partial charge >= 0.3 is 0 Å². The highest BCUT2D eigenvalue weighted by atomic mass is 15.3. The molecule has 12 bridgehead atoms. The molecule has 9 heteroatoms. The molecule has 0 amide bonds. The lowest BCUT2D eigenvalue weighted by atomic mass is 10.5. The predicted octanol–water partition coefficient (Wildman–Crippen LogP) is -1.35. The van der Waals surface area contributed by atoms with Gasteiger partial charge < -0.3 is 44.4 Å². The summed E-state index contributed by atoms with van der Waals surface area (Å²) in [5.74, 6) is 0. The monoisotopic (exact) mass is 477 g/mol. The molecular formula is C27H27N9. The van der Waals surface area contributed by atoms with E-state index in [0.29, 0.717) is 0 Å². The lowest BCUT2D eigenvalue weighted by Crippen LogP contribution is -2.25. The first kappa shape index (κ1) is 20.5. The number of nitrogens with one attached hydrogen (secondary N) is 3. The third-order valence-electron chi connectivity index (χ3n) is 6.35. The van der Waals surface area contributed by atoms with Crippen molar-refractivity contribution in [3.63, 3.8) is 0 Å². The van der Waals surface area contributed by atoms with E-state index in [1.165, 1.54) is 0 Å². The molecule has 7 heterocycles. The molecule has 0 spiro atoms. The van der Waals surface area contributed by atoms with Gasteiger partial charge in [-0.1, -0.05) is 0 Å². The third kappa shape index (κ3) is 4.29. The molecule has 0 radical (unpaired) electrons. The largest absolute Gasteiger partial charge is 0.353 e. The zero-order valence-corrected chi connectivity index (χ0v) is 19.7. The number of rotatable bonds is 0. The van der Waals surface area contributed by atoms with Gasteiger partial charge in [-0.3, -0.25) is 0 Å². The molecule has 3 aromatic rings. The van der Waals surface area contributed by atoms with Crippen LogP contribution in [0, 0.1) is 0 Å². The van der Waals surface area contributed by atoms with Gasteiger partial charge in [-0.25, -0.2) is 0 Å². The standard InChI is InChI=1S/C27H27N9/c1-2-23-14-32-9-10-34(20-32)16-25-5-6-27(30-25)18-36-12-11-35(21-36)17-26-4-3-24(29-26)15-33-8-7-31(19-33)13-22(1)28-23/h1-18,28-30H,19-21H2/b22-13-,23-14-,24-15+,25-16+,26-17-,27-18-. The minimum absolute atomic E-state index is 0.759. The van der Waals surface area contributed by atoms with E-state index in [9.17, 15) is 0 Å². The first-order chi connectivity index (χ1) is 17.7. The summed E-state index contributed by atoms with van der Waals surface area (Å²) in [4.78, 5) is 23.5. The number of H-pyrrole nitrogens is 3. The smallest absolute Gasteiger partial charge is 0.0979 e. The van der Waals surface area contributed by atoms with Crippen molar-refractivity contribution in [2.75, 3.05) is 20.0 Å². The van der Waals surface area contributed by atoms with Crippen LogP contribution in [-0.4, -0.2) is 64.4 Å². The fourth-order valence-electron chi connectivity index (χ4n) is 4.68. The summed E-state index contributed by atoms with van der Waals surface area (Å²) < 4.78 is 0. The van der Waals surface area contributed by atoms with Gasteiger partial charge in [0, 0.05) is 74.4 Å². The van der Waals surface area contributed by atoms with Crippen molar-refractivity contribution in [1.29, 1.82) is 0 Å². The lowest BCUT2D eigenvalue weighted by molar-refractivity contribution is 0.435. The summed E-state index contributed by atoms with van der Waals surface area (Å²) in [6.07, 6.45) is 25.3. The Morgan fingerprint density at radius 2 is 0.528 bits per heavy atom. The van der Waals surface area contributed by atoms with Gasteiger partial charge in [0.2, 0.25) is 0 Å². The average Bonchev–Trinajstić information content (AvgIpc) is 3.68. The summed E-state index contributed by atoms with van der Waals surface area (Å²) in [7, 11) is 0. The first-order valence-corrected chi connectivity index (χ1v) is 12.0. The minimum atomic E-state index is 0.759. The number of aromatic amines is 3. The molecule has 0 unspecified atom stereocenters. The van der Waals surface area contributed by atoms with Gasteiger partial charge in [0.25, 0.3) is 0 Å². The Morgan fingerprint density at radius 1 is 0.333 bits per heavy atom. The van der Waals surface area contributed by atoms with Crippen molar-refractivity contribution in [3.05, 3.63) is 106 Å². The molecule has 0 atom stereocenters. The van der Waals surface area contributed by atoms with E-state index in [2.05, 4.69) is 155 Å². The summed E-state index contributed by atoms with van der Waals surface area (Å²) in [6, 6.07) is 12.6. The lowest BCUT2D eigenvalue weighted by Gasteiger charge is -2.14. The molecule has 180 valence electrons. The molecule has 0 saturated carbocycles. The van der Waals surface area contributed by atoms with Gasteiger partial charge in [0.15, 0.2) is 0 Å². The molecule has 9 nitrogen and oxygen atoms in total. The van der Waals surface area contributed by atoms with Crippen LogP contribution in [0.15, 0.2) is 73.6 Å². The number of nitrogens with zero attached hydrogens (tertiary/aromatic N) is 6. The molecule has 7 rings (SSSR count). The topological polar surface area (TPSA) is 66.8 Å². The van der Waals surface area contributed by atoms with Crippen LogP contribution in [-0.2, 0) is 0 Å². The Balaban J connectivity index is 1.24. The van der Waals surface area contributed by atoms with Crippen molar-refractivity contribution in [2.45, 2.75) is 0 Å². The Hall–Kier alpha value is -4.92. The fraction of sp³-hybridized carbons (Fsp3) is 0.111. The highest BCUT2D eigenvalue weighted by molar-refractivity contribution is 5.33. The van der Waals surface area contributed by atoms with Crippen molar-refractivity contribution >= 4 is 37.2 Å². The van der Waals surface area contributed by atoms with Gasteiger partial charge in [-0.2, -0.15) is 0 Å². The molecule has 3 aromatic heterocycles. The number of fused-ring (bicyclic) bond motifs is 12. The molecule has 0 saturated heterocycles. The summed E-state index contributed by atoms with van der Waals surface area (Å²) in [5, 5.41) is 6.38. The van der Waals surface area contributed by atoms with Crippen molar-refractivity contribution in [2.24, 2.45) is 0 Å². The molecule has 4 aliphatic heterocycles. The Labute approximate surface area is 207 Å². The van der Waals surface area contributed by atoms with Crippen molar-refractivity contribution in [3.8, 4) is 0 Å². The van der Waals surface area contributed by atoms with Crippen LogP contribution in [0.5, 0.6) is 0 Å². The predicted molar refractivity (Wildman–Crippen MR) is 140 cm³/mol. The molecule has 0 aromatic carbocycles. The van der Waals surface area contributed by atoms with Gasteiger partial charge in [-0.05, 0) is 36.4 Å². The van der Waals surface area contributed by atoms with Crippen molar-refractivity contribution in [1.82, 2.24) is 44.4 Å². The normalized spacial score (nSPS) is 24.0. The zero-order valence-electron chi connectivity index (χ0n) is 19.7. The number of hydrogen-bond donors (Lipinski definition) is 3. The van der Waals surface area contributed by atoms with E-state index in [1.54, 1.807) is 0 Å². The summed E-state index contributed by atoms with van der Waals surface area (Å²) >= 11 is 0. The average molecular weight is 478 g/mol. The highest BCUT2D eigenvalue weighted by Gasteiger charge is 2.10. The molecule has 3 N–H and O–H groups in total. The van der Waals surface area contributed by atoms with Crippen LogP contribution < -0.4 is 32.1 Å². The van der Waals surface area contributed by atoms with Crippen LogP contribution in [0.25, 0.3) is 37.2 Å². The maximum absolute atomic E-state index is 3.49. The Morgan fingerprint density at radius 3 is 0.722 bits per heavy atom. The van der Waals surface area contributed by atoms with E-state index in [1.807, 2.05) is 0 Å². The van der Waals surface area contributed by atoms with Gasteiger partial charge in [-0.15, -0.1) is 0 Å². The summed E-state index contributed by atoms with van der Waals surface area (Å²) in [6.45, 7) is 2.28. The fourth-order valence-corrected chi connectivity index (χ4v) is 4.68. The van der Waals surface area contributed by atoms with Gasteiger partial charge in [0.05, 0.1) is 52.1 Å². The highest BCUT2D eigenvalue weighted by Crippen LogP contribution is 2.09. The van der Waals surface area contributed by atoms with E-state index in [4.69, 9.17) is 0 Å². The molecule has 36 heavy (non-hydrogen) atoms. The van der Waals surface area contributed by atoms with Crippen LogP contribution in [0.2, 0.25) is 0 Å². The maximum Gasteiger partial charge on any atom is 0.0979 e. The van der Waals surface area contributed by atoms with E-state index < -0.39 is 0 Å².